The predicted molar refractivity (Wildman–Crippen MR) is 108 cm³/mol. The van der Waals surface area contributed by atoms with Crippen LogP contribution in [-0.4, -0.2) is 0 Å². The van der Waals surface area contributed by atoms with Gasteiger partial charge in [-0.15, -0.1) is 11.3 Å². The van der Waals surface area contributed by atoms with Gasteiger partial charge in [0.15, 0.2) is 0 Å². The van der Waals surface area contributed by atoms with Gasteiger partial charge in [-0.05, 0) is 37.1 Å². The Morgan fingerprint density at radius 2 is 1.04 bits per heavy atom. The zero-order valence-electron chi connectivity index (χ0n) is 14.9. The van der Waals surface area contributed by atoms with Crippen LogP contribution in [0, 0.1) is 0 Å². The first-order chi connectivity index (χ1) is 12.2. The van der Waals surface area contributed by atoms with E-state index in [0.717, 1.165) is 13.1 Å². The molecule has 0 saturated heterocycles. The second-order valence-corrected chi connectivity index (χ2v) is 7.65. The number of hydrogen-bond donors (Lipinski definition) is 2. The Bertz CT molecular complexity index is 688. The summed E-state index contributed by atoms with van der Waals surface area (Å²) in [7, 11) is 0. The van der Waals surface area contributed by atoms with Gasteiger partial charge in [-0.1, -0.05) is 60.7 Å². The predicted octanol–water partition coefficient (Wildman–Crippen LogP) is 5.45. The first-order valence-electron chi connectivity index (χ1n) is 8.86. The molecule has 2 unspecified atom stereocenters. The van der Waals surface area contributed by atoms with E-state index in [1.807, 2.05) is 11.3 Å². The number of nitrogens with one attached hydrogen (secondary N) is 2. The normalized spacial score (nSPS) is 13.5. The number of benzene rings is 2. The van der Waals surface area contributed by atoms with Crippen LogP contribution in [0.1, 0.15) is 46.8 Å². The van der Waals surface area contributed by atoms with Crippen molar-refractivity contribution in [2.24, 2.45) is 0 Å². The van der Waals surface area contributed by atoms with Crippen LogP contribution in [0.5, 0.6) is 0 Å². The first-order valence-corrected chi connectivity index (χ1v) is 9.68. The monoisotopic (exact) mass is 350 g/mol. The Morgan fingerprint density at radius 1 is 0.640 bits per heavy atom. The molecule has 130 valence electrons. The molecule has 0 radical (unpaired) electrons. The molecule has 2 nitrogen and oxygen atoms in total. The van der Waals surface area contributed by atoms with Gasteiger partial charge in [0.05, 0.1) is 0 Å². The van der Waals surface area contributed by atoms with Crippen molar-refractivity contribution in [2.75, 3.05) is 0 Å². The highest BCUT2D eigenvalue weighted by Gasteiger charge is 2.07. The maximum absolute atomic E-state index is 3.61. The quantitative estimate of drug-likeness (QED) is 0.564. The molecule has 2 aromatic carbocycles. The van der Waals surface area contributed by atoms with E-state index in [0.29, 0.717) is 12.1 Å². The fraction of sp³-hybridized carbons (Fsp3) is 0.273. The lowest BCUT2D eigenvalue weighted by Crippen LogP contribution is -2.17. The van der Waals surface area contributed by atoms with Gasteiger partial charge in [-0.3, -0.25) is 0 Å². The summed E-state index contributed by atoms with van der Waals surface area (Å²) in [6, 6.07) is 26.4. The fourth-order valence-electron chi connectivity index (χ4n) is 2.84. The van der Waals surface area contributed by atoms with Crippen molar-refractivity contribution in [2.45, 2.75) is 39.0 Å². The molecular weight excluding hydrogens is 324 g/mol. The smallest absolute Gasteiger partial charge is 0.0305 e. The molecule has 3 aromatic rings. The van der Waals surface area contributed by atoms with Crippen LogP contribution in [0.15, 0.2) is 72.8 Å². The van der Waals surface area contributed by atoms with Crippen molar-refractivity contribution in [3.8, 4) is 0 Å². The molecule has 0 amide bonds. The van der Waals surface area contributed by atoms with Gasteiger partial charge in [0, 0.05) is 34.9 Å². The van der Waals surface area contributed by atoms with E-state index in [1.54, 1.807) is 0 Å². The molecule has 3 heteroatoms. The molecule has 0 aliphatic carbocycles. The van der Waals surface area contributed by atoms with E-state index < -0.39 is 0 Å². The van der Waals surface area contributed by atoms with E-state index in [4.69, 9.17) is 0 Å². The van der Waals surface area contributed by atoms with Gasteiger partial charge >= 0.3 is 0 Å². The maximum atomic E-state index is 3.61. The van der Waals surface area contributed by atoms with Crippen LogP contribution in [0.4, 0.5) is 0 Å². The average Bonchev–Trinajstić information content (AvgIpc) is 3.13. The topological polar surface area (TPSA) is 24.1 Å². The standard InChI is InChI=1S/C22H26N2S/c1-17(19-9-5-3-6-10-19)23-15-21-13-14-22(25-21)16-24-18(2)20-11-7-4-8-12-20/h3-14,17-18,23-24H,15-16H2,1-2H3. The summed E-state index contributed by atoms with van der Waals surface area (Å²) >= 11 is 1.88. The Balaban J connectivity index is 1.47. The zero-order chi connectivity index (χ0) is 17.5. The van der Waals surface area contributed by atoms with Crippen LogP contribution in [0.25, 0.3) is 0 Å². The van der Waals surface area contributed by atoms with Crippen molar-refractivity contribution < 1.29 is 0 Å². The maximum Gasteiger partial charge on any atom is 0.0305 e. The molecule has 2 atom stereocenters. The summed E-state index contributed by atoms with van der Waals surface area (Å²) in [5.74, 6) is 0. The highest BCUT2D eigenvalue weighted by atomic mass is 32.1. The van der Waals surface area contributed by atoms with E-state index in [2.05, 4.69) is 97.3 Å². The summed E-state index contributed by atoms with van der Waals surface area (Å²) < 4.78 is 0. The lowest BCUT2D eigenvalue weighted by molar-refractivity contribution is 0.578. The summed E-state index contributed by atoms with van der Waals surface area (Å²) in [4.78, 5) is 2.76. The molecule has 0 aliphatic rings. The van der Waals surface area contributed by atoms with Gasteiger partial charge in [0.2, 0.25) is 0 Å². The van der Waals surface area contributed by atoms with Crippen molar-refractivity contribution in [1.82, 2.24) is 10.6 Å². The Hall–Kier alpha value is -1.94. The van der Waals surface area contributed by atoms with Gasteiger partial charge < -0.3 is 10.6 Å². The second kappa shape index (κ2) is 8.95. The largest absolute Gasteiger partial charge is 0.305 e. The average molecular weight is 351 g/mol. The van der Waals surface area contributed by atoms with Gasteiger partial charge in [0.1, 0.15) is 0 Å². The molecule has 0 bridgehead atoms. The second-order valence-electron chi connectivity index (χ2n) is 6.39. The summed E-state index contributed by atoms with van der Waals surface area (Å²) in [5.41, 5.74) is 2.66. The molecule has 0 saturated carbocycles. The SMILES string of the molecule is CC(NCc1ccc(CNC(C)c2ccccc2)s1)c1ccccc1. The third-order valence-corrected chi connectivity index (χ3v) is 5.57. The lowest BCUT2D eigenvalue weighted by Gasteiger charge is -2.14. The Kier molecular flexibility index (Phi) is 6.40. The van der Waals surface area contributed by atoms with Crippen molar-refractivity contribution in [1.29, 1.82) is 0 Å². The van der Waals surface area contributed by atoms with Crippen LogP contribution in [0.2, 0.25) is 0 Å². The molecule has 3 rings (SSSR count). The minimum atomic E-state index is 0.364. The minimum Gasteiger partial charge on any atom is -0.305 e. The van der Waals surface area contributed by atoms with Gasteiger partial charge in [-0.25, -0.2) is 0 Å². The molecule has 1 heterocycles. The first kappa shape index (κ1) is 17.9. The third kappa shape index (κ3) is 5.27. The molecular formula is C22H26N2S. The van der Waals surface area contributed by atoms with Crippen molar-refractivity contribution in [3.63, 3.8) is 0 Å². The number of rotatable bonds is 8. The van der Waals surface area contributed by atoms with E-state index >= 15 is 0 Å². The van der Waals surface area contributed by atoms with E-state index in [9.17, 15) is 0 Å². The Labute approximate surface area is 154 Å². The molecule has 25 heavy (non-hydrogen) atoms. The molecule has 0 spiro atoms. The van der Waals surface area contributed by atoms with Crippen LogP contribution in [-0.2, 0) is 13.1 Å². The summed E-state index contributed by atoms with van der Waals surface area (Å²) in [6.07, 6.45) is 0. The molecule has 0 fully saturated rings. The van der Waals surface area contributed by atoms with E-state index in [1.165, 1.54) is 20.9 Å². The summed E-state index contributed by atoms with van der Waals surface area (Å²) in [6.45, 7) is 6.25. The van der Waals surface area contributed by atoms with Crippen molar-refractivity contribution >= 4 is 11.3 Å². The van der Waals surface area contributed by atoms with E-state index in [-0.39, 0.29) is 0 Å². The molecule has 0 aliphatic heterocycles. The minimum absolute atomic E-state index is 0.364. The van der Waals surface area contributed by atoms with Crippen LogP contribution in [0.3, 0.4) is 0 Å². The molecule has 1 aromatic heterocycles. The summed E-state index contributed by atoms with van der Waals surface area (Å²) in [5, 5.41) is 7.22. The van der Waals surface area contributed by atoms with Crippen LogP contribution < -0.4 is 10.6 Å². The highest BCUT2D eigenvalue weighted by molar-refractivity contribution is 7.11. The number of hydrogen-bond acceptors (Lipinski definition) is 3. The van der Waals surface area contributed by atoms with Gasteiger partial charge in [0.25, 0.3) is 0 Å². The van der Waals surface area contributed by atoms with Gasteiger partial charge in [-0.2, -0.15) is 0 Å². The third-order valence-electron chi connectivity index (χ3n) is 4.48. The lowest BCUT2D eigenvalue weighted by atomic mass is 10.1. The number of thiophene rings is 1. The highest BCUT2D eigenvalue weighted by Crippen LogP contribution is 2.20. The van der Waals surface area contributed by atoms with Crippen LogP contribution >= 0.6 is 11.3 Å². The Morgan fingerprint density at radius 3 is 1.44 bits per heavy atom. The molecule has 2 N–H and O–H groups in total. The van der Waals surface area contributed by atoms with Crippen molar-refractivity contribution in [3.05, 3.63) is 93.7 Å². The zero-order valence-corrected chi connectivity index (χ0v) is 15.7. The fourth-order valence-corrected chi connectivity index (χ4v) is 3.76.